The summed E-state index contributed by atoms with van der Waals surface area (Å²) in [5.74, 6) is -1.22. The minimum Gasteiger partial charge on any atom is -0.475 e. The number of para-hydroxylation sites is 2. The van der Waals surface area contributed by atoms with E-state index in [4.69, 9.17) is 43.1 Å². The first kappa shape index (κ1) is 28.7. The van der Waals surface area contributed by atoms with Crippen molar-refractivity contribution in [1.29, 1.82) is 0 Å². The average molecular weight is 560 g/mol. The van der Waals surface area contributed by atoms with E-state index in [0.717, 1.165) is 60.2 Å². The van der Waals surface area contributed by atoms with Crippen LogP contribution in [0.15, 0.2) is 42.5 Å². The van der Waals surface area contributed by atoms with Crippen molar-refractivity contribution in [3.8, 4) is 0 Å². The van der Waals surface area contributed by atoms with Crippen LogP contribution in [0.1, 0.15) is 12.5 Å². The van der Waals surface area contributed by atoms with E-state index >= 15 is 0 Å². The van der Waals surface area contributed by atoms with Crippen LogP contribution in [0.4, 0.5) is 24.8 Å². The van der Waals surface area contributed by atoms with Gasteiger partial charge in [-0.25, -0.2) is 14.8 Å². The molecule has 200 valence electrons. The highest BCUT2D eigenvalue weighted by molar-refractivity contribution is 6.33. The second kappa shape index (κ2) is 12.6. The van der Waals surface area contributed by atoms with E-state index in [1.54, 1.807) is 0 Å². The van der Waals surface area contributed by atoms with Gasteiger partial charge in [0.2, 0.25) is 0 Å². The van der Waals surface area contributed by atoms with Crippen LogP contribution in [0.5, 0.6) is 0 Å². The molecule has 1 fully saturated rings. The van der Waals surface area contributed by atoms with Gasteiger partial charge in [-0.2, -0.15) is 13.2 Å². The summed E-state index contributed by atoms with van der Waals surface area (Å²) < 4.78 is 31.7. The van der Waals surface area contributed by atoms with E-state index < -0.39 is 12.1 Å². The lowest BCUT2D eigenvalue weighted by molar-refractivity contribution is -0.192. The van der Waals surface area contributed by atoms with E-state index in [9.17, 15) is 18.3 Å². The van der Waals surface area contributed by atoms with E-state index in [1.807, 2.05) is 49.4 Å². The maximum absolute atomic E-state index is 10.6. The molecule has 1 aliphatic rings. The Hall–Kier alpha value is -2.86. The lowest BCUT2D eigenvalue weighted by Gasteiger charge is -2.36. The Kier molecular flexibility index (Phi) is 9.77. The number of anilines is 2. The molecular formula is C24H26Cl2F3N5O3. The topological polar surface area (TPSA) is 102 Å². The number of hydrogen-bond acceptors (Lipinski definition) is 7. The number of benzene rings is 2. The molecule has 2 heterocycles. The number of nitrogens with one attached hydrogen (secondary N) is 1. The smallest absolute Gasteiger partial charge is 0.475 e. The van der Waals surface area contributed by atoms with Gasteiger partial charge in [0.15, 0.2) is 11.6 Å². The largest absolute Gasteiger partial charge is 0.490 e. The van der Waals surface area contributed by atoms with Crippen LogP contribution in [0.2, 0.25) is 10.0 Å². The molecule has 1 saturated heterocycles. The highest BCUT2D eigenvalue weighted by Crippen LogP contribution is 2.28. The van der Waals surface area contributed by atoms with E-state index in [2.05, 4.69) is 15.1 Å². The maximum atomic E-state index is 10.6. The predicted molar refractivity (Wildman–Crippen MR) is 137 cm³/mol. The second-order valence-corrected chi connectivity index (χ2v) is 9.26. The molecule has 0 radical (unpaired) electrons. The molecule has 37 heavy (non-hydrogen) atoms. The number of alkyl halides is 3. The second-order valence-electron chi connectivity index (χ2n) is 8.41. The summed E-state index contributed by atoms with van der Waals surface area (Å²) in [5, 5.41) is 21.3. The normalized spacial score (nSPS) is 15.2. The number of nitrogens with zero attached hydrogens (tertiary/aromatic N) is 4. The first-order valence-corrected chi connectivity index (χ1v) is 12.1. The van der Waals surface area contributed by atoms with E-state index in [1.165, 1.54) is 0 Å². The van der Waals surface area contributed by atoms with Gasteiger partial charge < -0.3 is 20.4 Å². The summed E-state index contributed by atoms with van der Waals surface area (Å²) in [4.78, 5) is 23.2. The Labute approximate surface area is 221 Å². The van der Waals surface area contributed by atoms with Crippen molar-refractivity contribution in [3.05, 3.63) is 58.1 Å². The number of carbonyl (C=O) groups is 1. The van der Waals surface area contributed by atoms with Gasteiger partial charge >= 0.3 is 12.1 Å². The zero-order valence-corrected chi connectivity index (χ0v) is 21.4. The summed E-state index contributed by atoms with van der Waals surface area (Å²) in [6.45, 7) is 6.14. The van der Waals surface area contributed by atoms with Gasteiger partial charge in [0.25, 0.3) is 0 Å². The number of aliphatic hydroxyl groups is 1. The Balaban J connectivity index is 0.000000479. The van der Waals surface area contributed by atoms with Crippen molar-refractivity contribution in [2.24, 2.45) is 0 Å². The summed E-state index contributed by atoms with van der Waals surface area (Å²) in [7, 11) is 0. The highest BCUT2D eigenvalue weighted by Gasteiger charge is 2.38. The van der Waals surface area contributed by atoms with Crippen molar-refractivity contribution in [2.75, 3.05) is 43.0 Å². The minimum absolute atomic E-state index is 0.0299. The monoisotopic (exact) mass is 559 g/mol. The Bertz CT molecular complexity index is 1220. The fourth-order valence-electron chi connectivity index (χ4n) is 3.61. The van der Waals surface area contributed by atoms with Crippen LogP contribution in [0, 0.1) is 0 Å². The van der Waals surface area contributed by atoms with Gasteiger partial charge in [0, 0.05) is 48.8 Å². The molecule has 4 rings (SSSR count). The van der Waals surface area contributed by atoms with Crippen molar-refractivity contribution in [2.45, 2.75) is 25.7 Å². The van der Waals surface area contributed by atoms with Crippen molar-refractivity contribution in [3.63, 3.8) is 0 Å². The van der Waals surface area contributed by atoms with Crippen molar-refractivity contribution < 1.29 is 28.2 Å². The number of rotatable bonds is 6. The molecule has 2 aromatic carbocycles. The fourth-order valence-corrected chi connectivity index (χ4v) is 3.98. The maximum Gasteiger partial charge on any atom is 0.490 e. The number of aliphatic carboxylic acids is 1. The average Bonchev–Trinajstić information content (AvgIpc) is 2.86. The molecule has 0 amide bonds. The number of hydrogen-bond donors (Lipinski definition) is 3. The van der Waals surface area contributed by atoms with Gasteiger partial charge in [0.05, 0.1) is 17.6 Å². The van der Waals surface area contributed by atoms with Gasteiger partial charge in [-0.3, -0.25) is 4.90 Å². The van der Waals surface area contributed by atoms with Gasteiger partial charge in [-0.05, 0) is 42.8 Å². The Morgan fingerprint density at radius 1 is 1.08 bits per heavy atom. The molecule has 0 unspecified atom stereocenters. The first-order chi connectivity index (χ1) is 17.5. The van der Waals surface area contributed by atoms with Crippen molar-refractivity contribution in [1.82, 2.24) is 14.9 Å². The van der Waals surface area contributed by atoms with Crippen LogP contribution in [-0.2, 0) is 11.3 Å². The van der Waals surface area contributed by atoms with E-state index in [0.29, 0.717) is 10.8 Å². The quantitative estimate of drug-likeness (QED) is 0.400. The fraction of sp³-hybridized carbons (Fsp3) is 0.375. The van der Waals surface area contributed by atoms with Crippen LogP contribution in [0.3, 0.4) is 0 Å². The summed E-state index contributed by atoms with van der Waals surface area (Å²) >= 11 is 12.5. The molecule has 3 N–H and O–H groups in total. The summed E-state index contributed by atoms with van der Waals surface area (Å²) in [6.07, 6.45) is -5.08. The predicted octanol–water partition coefficient (Wildman–Crippen LogP) is 4.68. The number of aromatic nitrogens is 2. The number of carboxylic acid groups (broad SMARTS) is 1. The first-order valence-electron chi connectivity index (χ1n) is 11.3. The number of fused-ring (bicyclic) bond motifs is 1. The van der Waals surface area contributed by atoms with Gasteiger partial charge in [0.1, 0.15) is 0 Å². The lowest BCUT2D eigenvalue weighted by atomic mass is 10.2. The molecule has 1 aromatic heterocycles. The third-order valence-corrected chi connectivity index (χ3v) is 6.13. The molecule has 0 aliphatic carbocycles. The molecule has 8 nitrogen and oxygen atoms in total. The Morgan fingerprint density at radius 2 is 1.68 bits per heavy atom. The third-order valence-electron chi connectivity index (χ3n) is 5.53. The van der Waals surface area contributed by atoms with Crippen molar-refractivity contribution >= 4 is 51.8 Å². The molecule has 0 saturated carbocycles. The molecule has 0 bridgehead atoms. The van der Waals surface area contributed by atoms with Crippen LogP contribution >= 0.6 is 23.2 Å². The molecule has 3 aromatic rings. The number of carboxylic acids is 1. The van der Waals surface area contributed by atoms with Crippen LogP contribution in [-0.4, -0.2) is 76.1 Å². The highest BCUT2D eigenvalue weighted by atomic mass is 35.5. The van der Waals surface area contributed by atoms with Crippen LogP contribution < -0.4 is 10.2 Å². The SMILES string of the molecule is C[C@H](CO)Nc1nc2ccccc2nc1N1CCN(Cc2cc(Cl)ccc2Cl)CC1.O=C(O)C(F)(F)F. The zero-order valence-electron chi connectivity index (χ0n) is 19.8. The molecule has 1 atom stereocenters. The van der Waals surface area contributed by atoms with Gasteiger partial charge in [-0.1, -0.05) is 35.3 Å². The summed E-state index contributed by atoms with van der Waals surface area (Å²) in [6, 6.07) is 13.3. The summed E-state index contributed by atoms with van der Waals surface area (Å²) in [5.41, 5.74) is 2.74. The van der Waals surface area contributed by atoms with Crippen LogP contribution in [0.25, 0.3) is 11.0 Å². The standard InChI is InChI=1S/C22H25Cl2N5O.C2HF3O2/c1-15(14-30)25-21-22(27-20-5-3-2-4-19(20)26-21)29-10-8-28(9-11-29)13-16-12-17(23)6-7-18(16)24;3-2(4,5)1(6)7/h2-7,12,15,30H,8-11,13-14H2,1H3,(H,25,26);(H,6,7)/t15-;/m1./s1. The number of piperazine rings is 1. The molecule has 0 spiro atoms. The lowest BCUT2D eigenvalue weighted by Crippen LogP contribution is -2.46. The number of halogens is 5. The van der Waals surface area contributed by atoms with Gasteiger partial charge in [-0.15, -0.1) is 0 Å². The zero-order chi connectivity index (χ0) is 27.2. The number of aliphatic hydroxyl groups excluding tert-OH is 1. The molecule has 13 heteroatoms. The Morgan fingerprint density at radius 3 is 2.24 bits per heavy atom. The third kappa shape index (κ3) is 8.06. The minimum atomic E-state index is -5.08. The molecular weight excluding hydrogens is 534 g/mol. The van der Waals surface area contributed by atoms with E-state index in [-0.39, 0.29) is 12.6 Å². The molecule has 1 aliphatic heterocycles.